The normalized spacial score (nSPS) is 23.1. The van der Waals surface area contributed by atoms with Gasteiger partial charge in [-0.05, 0) is 25.2 Å². The number of aromatic nitrogens is 2. The zero-order valence-corrected chi connectivity index (χ0v) is 10.0. The van der Waals surface area contributed by atoms with Crippen LogP contribution in [0.4, 0.5) is 11.6 Å². The van der Waals surface area contributed by atoms with E-state index >= 15 is 0 Å². The van der Waals surface area contributed by atoms with E-state index in [1.807, 2.05) is 0 Å². The lowest BCUT2D eigenvalue weighted by molar-refractivity contribution is 0.691. The Labute approximate surface area is 96.7 Å². The maximum absolute atomic E-state index is 5.83. The molecule has 0 bridgehead atoms. The summed E-state index contributed by atoms with van der Waals surface area (Å²) in [5.41, 5.74) is 6.88. The average molecular weight is 220 g/mol. The van der Waals surface area contributed by atoms with Crippen molar-refractivity contribution in [3.8, 4) is 0 Å². The van der Waals surface area contributed by atoms with Crippen LogP contribution in [-0.2, 0) is 6.42 Å². The number of nitrogens with one attached hydrogen (secondary N) is 1. The van der Waals surface area contributed by atoms with Crippen molar-refractivity contribution in [2.45, 2.75) is 45.6 Å². The first-order valence-corrected chi connectivity index (χ1v) is 6.12. The van der Waals surface area contributed by atoms with Crippen molar-refractivity contribution in [3.05, 3.63) is 11.9 Å². The lowest BCUT2D eigenvalue weighted by Gasteiger charge is -2.10. The molecule has 2 atom stereocenters. The quantitative estimate of drug-likeness (QED) is 0.798. The monoisotopic (exact) mass is 220 g/mol. The lowest BCUT2D eigenvalue weighted by atomic mass is 10.2. The molecule has 1 aliphatic carbocycles. The number of nitrogen functional groups attached to an aromatic ring is 1. The van der Waals surface area contributed by atoms with Crippen molar-refractivity contribution in [2.24, 2.45) is 5.92 Å². The van der Waals surface area contributed by atoms with Crippen LogP contribution in [0.3, 0.4) is 0 Å². The van der Waals surface area contributed by atoms with Gasteiger partial charge in [0, 0.05) is 11.6 Å². The molecule has 0 aromatic carbocycles. The van der Waals surface area contributed by atoms with Gasteiger partial charge in [0.05, 0.1) is 0 Å². The summed E-state index contributed by atoms with van der Waals surface area (Å²) in [7, 11) is 0. The van der Waals surface area contributed by atoms with E-state index in [1.165, 1.54) is 25.6 Å². The van der Waals surface area contributed by atoms with Gasteiger partial charge in [-0.3, -0.25) is 0 Å². The van der Waals surface area contributed by atoms with Crippen LogP contribution in [0.5, 0.6) is 0 Å². The molecule has 88 valence electrons. The van der Waals surface area contributed by atoms with E-state index in [0.29, 0.717) is 11.9 Å². The zero-order chi connectivity index (χ0) is 11.5. The fourth-order valence-electron chi connectivity index (χ4n) is 2.19. The third kappa shape index (κ3) is 2.26. The summed E-state index contributed by atoms with van der Waals surface area (Å²) in [5, 5.41) is 3.48. The molecule has 1 fully saturated rings. The van der Waals surface area contributed by atoms with Gasteiger partial charge in [0.1, 0.15) is 18.0 Å². The van der Waals surface area contributed by atoms with Gasteiger partial charge in [-0.25, -0.2) is 9.97 Å². The molecule has 0 saturated heterocycles. The molecule has 1 saturated carbocycles. The first kappa shape index (κ1) is 11.2. The average Bonchev–Trinajstić information content (AvgIpc) is 2.97. The standard InChI is InChI=1S/C12H20N4/c1-3-5-8-6-10(8)16-12-9(4-2)11(13)14-7-15-12/h7-8,10H,3-6H2,1-2H3,(H3,13,14,15,16). The third-order valence-electron chi connectivity index (χ3n) is 3.24. The van der Waals surface area contributed by atoms with Crippen LogP contribution < -0.4 is 11.1 Å². The van der Waals surface area contributed by atoms with Gasteiger partial charge in [-0.1, -0.05) is 20.3 Å². The maximum atomic E-state index is 5.83. The first-order valence-electron chi connectivity index (χ1n) is 6.12. The summed E-state index contributed by atoms with van der Waals surface area (Å²) in [6.45, 7) is 4.31. The second-order valence-electron chi connectivity index (χ2n) is 4.47. The second-order valence-corrected chi connectivity index (χ2v) is 4.47. The summed E-state index contributed by atoms with van der Waals surface area (Å²) < 4.78 is 0. The molecular formula is C12H20N4. The molecule has 2 rings (SSSR count). The van der Waals surface area contributed by atoms with Crippen LogP contribution in [0.2, 0.25) is 0 Å². The predicted octanol–water partition coefficient (Wildman–Crippen LogP) is 2.22. The third-order valence-corrected chi connectivity index (χ3v) is 3.24. The van der Waals surface area contributed by atoms with Crippen molar-refractivity contribution in [1.82, 2.24) is 9.97 Å². The SMILES string of the molecule is CCCC1CC1Nc1ncnc(N)c1CC. The van der Waals surface area contributed by atoms with Crippen molar-refractivity contribution < 1.29 is 0 Å². The molecular weight excluding hydrogens is 200 g/mol. The van der Waals surface area contributed by atoms with Gasteiger partial charge in [-0.15, -0.1) is 0 Å². The van der Waals surface area contributed by atoms with Gasteiger partial charge in [0.15, 0.2) is 0 Å². The molecule has 2 unspecified atom stereocenters. The van der Waals surface area contributed by atoms with E-state index in [4.69, 9.17) is 5.73 Å². The topological polar surface area (TPSA) is 63.8 Å². The predicted molar refractivity (Wildman–Crippen MR) is 66.2 cm³/mol. The fraction of sp³-hybridized carbons (Fsp3) is 0.667. The number of nitrogens with zero attached hydrogens (tertiary/aromatic N) is 2. The molecule has 1 aliphatic rings. The molecule has 4 nitrogen and oxygen atoms in total. The molecule has 16 heavy (non-hydrogen) atoms. The van der Waals surface area contributed by atoms with Crippen molar-refractivity contribution in [3.63, 3.8) is 0 Å². The Morgan fingerprint density at radius 2 is 2.25 bits per heavy atom. The number of hydrogen-bond acceptors (Lipinski definition) is 4. The highest BCUT2D eigenvalue weighted by Crippen LogP contribution is 2.37. The molecule has 0 amide bonds. The molecule has 1 aromatic heterocycles. The first-order chi connectivity index (χ1) is 7.76. The molecule has 4 heteroatoms. The Hall–Kier alpha value is -1.32. The number of anilines is 2. The van der Waals surface area contributed by atoms with Crippen LogP contribution in [0.25, 0.3) is 0 Å². The molecule has 0 aliphatic heterocycles. The van der Waals surface area contributed by atoms with Crippen LogP contribution in [0.1, 0.15) is 38.7 Å². The van der Waals surface area contributed by atoms with Gasteiger partial charge in [0.25, 0.3) is 0 Å². The van der Waals surface area contributed by atoms with Gasteiger partial charge in [0.2, 0.25) is 0 Å². The largest absolute Gasteiger partial charge is 0.383 e. The highest BCUT2D eigenvalue weighted by atomic mass is 15.1. The molecule has 3 N–H and O–H groups in total. The van der Waals surface area contributed by atoms with Gasteiger partial charge >= 0.3 is 0 Å². The highest BCUT2D eigenvalue weighted by molar-refractivity contribution is 5.55. The highest BCUT2D eigenvalue weighted by Gasteiger charge is 2.36. The zero-order valence-electron chi connectivity index (χ0n) is 10.0. The van der Waals surface area contributed by atoms with Crippen LogP contribution in [0, 0.1) is 5.92 Å². The van der Waals surface area contributed by atoms with Crippen LogP contribution in [-0.4, -0.2) is 16.0 Å². The summed E-state index contributed by atoms with van der Waals surface area (Å²) in [6.07, 6.45) is 6.24. The minimum Gasteiger partial charge on any atom is -0.383 e. The Morgan fingerprint density at radius 1 is 1.44 bits per heavy atom. The van der Waals surface area contributed by atoms with E-state index in [0.717, 1.165) is 23.7 Å². The van der Waals surface area contributed by atoms with Crippen molar-refractivity contribution >= 4 is 11.6 Å². The van der Waals surface area contributed by atoms with Gasteiger partial charge < -0.3 is 11.1 Å². The van der Waals surface area contributed by atoms with Crippen molar-refractivity contribution in [2.75, 3.05) is 11.1 Å². The smallest absolute Gasteiger partial charge is 0.134 e. The molecule has 0 spiro atoms. The molecule has 1 aromatic rings. The second kappa shape index (κ2) is 4.68. The van der Waals surface area contributed by atoms with Crippen LogP contribution in [0.15, 0.2) is 6.33 Å². The Kier molecular flexibility index (Phi) is 3.27. The Balaban J connectivity index is 2.02. The van der Waals surface area contributed by atoms with E-state index in [9.17, 15) is 0 Å². The fourth-order valence-corrected chi connectivity index (χ4v) is 2.19. The van der Waals surface area contributed by atoms with E-state index in [2.05, 4.69) is 29.1 Å². The summed E-state index contributed by atoms with van der Waals surface area (Å²) in [4.78, 5) is 8.30. The minimum absolute atomic E-state index is 0.597. The maximum Gasteiger partial charge on any atom is 0.134 e. The minimum atomic E-state index is 0.597. The summed E-state index contributed by atoms with van der Waals surface area (Å²) in [5.74, 6) is 2.36. The van der Waals surface area contributed by atoms with E-state index in [-0.39, 0.29) is 0 Å². The summed E-state index contributed by atoms with van der Waals surface area (Å²) in [6, 6.07) is 0.597. The summed E-state index contributed by atoms with van der Waals surface area (Å²) >= 11 is 0. The lowest BCUT2D eigenvalue weighted by Crippen LogP contribution is -2.11. The van der Waals surface area contributed by atoms with E-state index < -0.39 is 0 Å². The number of rotatable bonds is 5. The van der Waals surface area contributed by atoms with Crippen molar-refractivity contribution in [1.29, 1.82) is 0 Å². The Morgan fingerprint density at radius 3 is 2.94 bits per heavy atom. The molecule has 1 heterocycles. The van der Waals surface area contributed by atoms with Crippen LogP contribution >= 0.6 is 0 Å². The van der Waals surface area contributed by atoms with Gasteiger partial charge in [-0.2, -0.15) is 0 Å². The number of hydrogen-bond donors (Lipinski definition) is 2. The number of nitrogens with two attached hydrogens (primary N) is 1. The molecule has 0 radical (unpaired) electrons. The van der Waals surface area contributed by atoms with E-state index in [1.54, 1.807) is 0 Å². The Bertz CT molecular complexity index is 364.